The van der Waals surface area contributed by atoms with Gasteiger partial charge in [-0.25, -0.2) is 0 Å². The largest absolute Gasteiger partial charge is 0.320 e. The van der Waals surface area contributed by atoms with Crippen LogP contribution in [-0.4, -0.2) is 32.1 Å². The maximum Gasteiger partial charge on any atom is 0.0327 e. The lowest BCUT2D eigenvalue weighted by Crippen LogP contribution is -2.20. The third kappa shape index (κ3) is 4.78. The first-order valence-corrected chi connectivity index (χ1v) is 6.48. The second-order valence-electron chi connectivity index (χ2n) is 4.08. The van der Waals surface area contributed by atoms with Gasteiger partial charge in [0, 0.05) is 11.4 Å². The van der Waals surface area contributed by atoms with Crippen molar-refractivity contribution in [2.24, 2.45) is 0 Å². The normalized spacial score (nSPS) is 11.2. The molecule has 0 radical (unpaired) electrons. The number of hydrogen-bond donors (Lipinski definition) is 1. The molecular weight excluding hydrogens is 204 g/mol. The maximum atomic E-state index is 3.18. The maximum absolute atomic E-state index is 3.18. The van der Waals surface area contributed by atoms with Crippen molar-refractivity contribution in [1.29, 1.82) is 0 Å². The Hall–Kier alpha value is -0.380. The van der Waals surface area contributed by atoms with Crippen molar-refractivity contribution in [3.8, 4) is 0 Å². The summed E-state index contributed by atoms with van der Waals surface area (Å²) in [5.74, 6) is 0. The van der Waals surface area contributed by atoms with E-state index in [1.165, 1.54) is 29.8 Å². The third-order valence-electron chi connectivity index (χ3n) is 2.60. The highest BCUT2D eigenvalue weighted by Crippen LogP contribution is 2.17. The molecule has 0 bridgehead atoms. The monoisotopic (exact) mass is 226 g/mol. The van der Waals surface area contributed by atoms with Gasteiger partial charge >= 0.3 is 0 Å². The third-order valence-corrected chi connectivity index (χ3v) is 3.61. The first kappa shape index (κ1) is 12.7. The molecule has 0 aliphatic rings. The quantitative estimate of drug-likeness (QED) is 0.719. The zero-order valence-corrected chi connectivity index (χ0v) is 10.9. The van der Waals surface area contributed by atoms with Gasteiger partial charge in [0.25, 0.3) is 0 Å². The molecule has 0 atom stereocenters. The molecule has 2 nitrogen and oxygen atoms in total. The first-order valence-electron chi connectivity index (χ1n) is 5.60. The van der Waals surface area contributed by atoms with E-state index in [2.05, 4.69) is 35.6 Å². The number of aryl methyl sites for hydroxylation is 1. The summed E-state index contributed by atoms with van der Waals surface area (Å²) in [5, 5.41) is 5.36. The van der Waals surface area contributed by atoms with Crippen molar-refractivity contribution in [3.05, 3.63) is 21.9 Å². The van der Waals surface area contributed by atoms with Crippen molar-refractivity contribution in [1.82, 2.24) is 10.2 Å². The number of rotatable bonds is 7. The Labute approximate surface area is 97.3 Å². The minimum absolute atomic E-state index is 1.10. The smallest absolute Gasteiger partial charge is 0.0327 e. The zero-order valence-electron chi connectivity index (χ0n) is 10.0. The fourth-order valence-corrected chi connectivity index (χ4v) is 2.56. The summed E-state index contributed by atoms with van der Waals surface area (Å²) in [7, 11) is 4.22. The molecule has 0 unspecified atom stereocenters. The van der Waals surface area contributed by atoms with Crippen LogP contribution in [-0.2, 0) is 6.54 Å². The Morgan fingerprint density at radius 3 is 2.80 bits per heavy atom. The first-order chi connectivity index (χ1) is 7.24. The van der Waals surface area contributed by atoms with Crippen LogP contribution in [0.25, 0.3) is 0 Å². The molecule has 0 spiro atoms. The molecule has 0 aliphatic heterocycles. The van der Waals surface area contributed by atoms with Crippen LogP contribution in [0.4, 0.5) is 0 Å². The second-order valence-corrected chi connectivity index (χ2v) is 5.08. The molecule has 1 aromatic rings. The number of nitrogens with one attached hydrogen (secondary N) is 1. The summed E-state index contributed by atoms with van der Waals surface area (Å²) in [6, 6.07) is 2.20. The molecule has 0 aliphatic carbocycles. The lowest BCUT2D eigenvalue weighted by molar-refractivity contribution is 0.320. The summed E-state index contributed by atoms with van der Waals surface area (Å²) < 4.78 is 0. The van der Waals surface area contributed by atoms with Gasteiger partial charge in [-0.3, -0.25) is 0 Å². The SMILES string of the molecule is CNCCCCN(C)Cc1sccc1C. The second kappa shape index (κ2) is 6.99. The highest BCUT2D eigenvalue weighted by molar-refractivity contribution is 7.10. The fourth-order valence-electron chi connectivity index (χ4n) is 1.57. The number of thiophene rings is 1. The summed E-state index contributed by atoms with van der Waals surface area (Å²) in [6.45, 7) is 5.62. The van der Waals surface area contributed by atoms with Gasteiger partial charge in [-0.15, -0.1) is 11.3 Å². The van der Waals surface area contributed by atoms with E-state index in [1.54, 1.807) is 0 Å². The minimum Gasteiger partial charge on any atom is -0.320 e. The zero-order chi connectivity index (χ0) is 11.1. The van der Waals surface area contributed by atoms with Crippen LogP contribution in [0.3, 0.4) is 0 Å². The van der Waals surface area contributed by atoms with Crippen molar-refractivity contribution in [3.63, 3.8) is 0 Å². The van der Waals surface area contributed by atoms with Crippen LogP contribution < -0.4 is 5.32 Å². The molecule has 1 aromatic heterocycles. The summed E-state index contributed by atoms with van der Waals surface area (Å²) in [6.07, 6.45) is 2.55. The number of hydrogen-bond acceptors (Lipinski definition) is 3. The molecule has 0 fully saturated rings. The van der Waals surface area contributed by atoms with E-state index in [9.17, 15) is 0 Å². The van der Waals surface area contributed by atoms with E-state index in [4.69, 9.17) is 0 Å². The van der Waals surface area contributed by atoms with Crippen molar-refractivity contribution in [2.75, 3.05) is 27.2 Å². The van der Waals surface area contributed by atoms with Crippen LogP contribution >= 0.6 is 11.3 Å². The molecule has 1 rings (SSSR count). The van der Waals surface area contributed by atoms with Crippen LogP contribution in [0.5, 0.6) is 0 Å². The minimum atomic E-state index is 1.10. The molecule has 15 heavy (non-hydrogen) atoms. The Bertz CT molecular complexity index is 270. The fraction of sp³-hybridized carbons (Fsp3) is 0.667. The Morgan fingerprint density at radius 2 is 2.20 bits per heavy atom. The topological polar surface area (TPSA) is 15.3 Å². The molecular formula is C12H22N2S. The van der Waals surface area contributed by atoms with Crippen LogP contribution in [0, 0.1) is 6.92 Å². The molecule has 1 N–H and O–H groups in total. The van der Waals surface area contributed by atoms with Crippen LogP contribution in [0.2, 0.25) is 0 Å². The van der Waals surface area contributed by atoms with Gasteiger partial charge in [-0.2, -0.15) is 0 Å². The molecule has 0 aromatic carbocycles. The molecule has 86 valence electrons. The van der Waals surface area contributed by atoms with Crippen molar-refractivity contribution < 1.29 is 0 Å². The van der Waals surface area contributed by atoms with Gasteiger partial charge in [0.05, 0.1) is 0 Å². The molecule has 0 saturated heterocycles. The van der Waals surface area contributed by atoms with Gasteiger partial charge in [0.1, 0.15) is 0 Å². The van der Waals surface area contributed by atoms with Gasteiger partial charge < -0.3 is 10.2 Å². The average Bonchev–Trinajstić information content (AvgIpc) is 2.59. The van der Waals surface area contributed by atoms with Crippen LogP contribution in [0.1, 0.15) is 23.3 Å². The summed E-state index contributed by atoms with van der Waals surface area (Å²) in [5.41, 5.74) is 1.43. The van der Waals surface area contributed by atoms with E-state index in [0.717, 1.165) is 13.1 Å². The standard InChI is InChI=1S/C12H22N2S/c1-11-6-9-15-12(11)10-14(3)8-5-4-7-13-2/h6,9,13H,4-5,7-8,10H2,1-3H3. The van der Waals surface area contributed by atoms with Gasteiger partial charge in [-0.05, 0) is 64.0 Å². The summed E-state index contributed by atoms with van der Waals surface area (Å²) >= 11 is 1.87. The van der Waals surface area contributed by atoms with Crippen molar-refractivity contribution >= 4 is 11.3 Å². The molecule has 3 heteroatoms. The molecule has 1 heterocycles. The van der Waals surface area contributed by atoms with Gasteiger partial charge in [-0.1, -0.05) is 0 Å². The Kier molecular flexibility index (Phi) is 5.91. The lowest BCUT2D eigenvalue weighted by atomic mass is 10.2. The van der Waals surface area contributed by atoms with E-state index in [-0.39, 0.29) is 0 Å². The Morgan fingerprint density at radius 1 is 1.40 bits per heavy atom. The molecule has 0 saturated carbocycles. The van der Waals surface area contributed by atoms with Crippen LogP contribution in [0.15, 0.2) is 11.4 Å². The van der Waals surface area contributed by atoms with E-state index in [0.29, 0.717) is 0 Å². The van der Waals surface area contributed by atoms with Gasteiger partial charge in [0.15, 0.2) is 0 Å². The summed E-state index contributed by atoms with van der Waals surface area (Å²) in [4.78, 5) is 3.92. The molecule has 0 amide bonds. The van der Waals surface area contributed by atoms with E-state index in [1.807, 2.05) is 18.4 Å². The lowest BCUT2D eigenvalue weighted by Gasteiger charge is -2.15. The highest BCUT2D eigenvalue weighted by atomic mass is 32.1. The van der Waals surface area contributed by atoms with E-state index >= 15 is 0 Å². The number of unbranched alkanes of at least 4 members (excludes halogenated alkanes) is 1. The van der Waals surface area contributed by atoms with Gasteiger partial charge in [0.2, 0.25) is 0 Å². The van der Waals surface area contributed by atoms with Crippen molar-refractivity contribution in [2.45, 2.75) is 26.3 Å². The predicted molar refractivity (Wildman–Crippen MR) is 68.6 cm³/mol. The highest BCUT2D eigenvalue weighted by Gasteiger charge is 2.03. The average molecular weight is 226 g/mol. The Balaban J connectivity index is 2.18. The number of nitrogens with zero attached hydrogens (tertiary/aromatic N) is 1. The van der Waals surface area contributed by atoms with E-state index < -0.39 is 0 Å². The predicted octanol–water partition coefficient (Wildman–Crippen LogP) is 2.49.